The molecular formula is C12H16IN3O. The van der Waals surface area contributed by atoms with E-state index >= 15 is 0 Å². The first-order chi connectivity index (χ1) is 8.13. The maximum atomic E-state index is 11.8. The van der Waals surface area contributed by atoms with Crippen LogP contribution in [0.1, 0.15) is 13.3 Å². The molecule has 0 aliphatic carbocycles. The predicted molar refractivity (Wildman–Crippen MR) is 78.0 cm³/mol. The molecule has 0 saturated carbocycles. The van der Waals surface area contributed by atoms with Crippen LogP contribution in [-0.2, 0) is 4.79 Å². The summed E-state index contributed by atoms with van der Waals surface area (Å²) in [6, 6.07) is 5.85. The van der Waals surface area contributed by atoms with E-state index in [4.69, 9.17) is 5.73 Å². The summed E-state index contributed by atoms with van der Waals surface area (Å²) in [5.74, 6) is 0.0942. The normalized spacial score (nSPS) is 20.2. The summed E-state index contributed by atoms with van der Waals surface area (Å²) in [5.41, 5.74) is 7.74. The van der Waals surface area contributed by atoms with Crippen LogP contribution in [0.4, 0.5) is 11.4 Å². The van der Waals surface area contributed by atoms with Crippen molar-refractivity contribution in [1.82, 2.24) is 5.32 Å². The lowest BCUT2D eigenvalue weighted by atomic mass is 10.1. The van der Waals surface area contributed by atoms with Crippen LogP contribution in [0.25, 0.3) is 0 Å². The second-order valence-electron chi connectivity index (χ2n) is 4.11. The second kappa shape index (κ2) is 5.12. The van der Waals surface area contributed by atoms with Gasteiger partial charge in [-0.15, -0.1) is 0 Å². The quantitative estimate of drug-likeness (QED) is 0.632. The Bertz CT molecular complexity index is 436. The van der Waals surface area contributed by atoms with Gasteiger partial charge >= 0.3 is 0 Å². The third kappa shape index (κ3) is 2.48. The van der Waals surface area contributed by atoms with E-state index in [-0.39, 0.29) is 11.9 Å². The zero-order valence-electron chi connectivity index (χ0n) is 9.74. The first-order valence-corrected chi connectivity index (χ1v) is 6.80. The van der Waals surface area contributed by atoms with E-state index in [0.717, 1.165) is 27.9 Å². The van der Waals surface area contributed by atoms with E-state index in [2.05, 4.69) is 32.8 Å². The lowest BCUT2D eigenvalue weighted by Crippen LogP contribution is -2.55. The highest BCUT2D eigenvalue weighted by Crippen LogP contribution is 2.28. The highest BCUT2D eigenvalue weighted by Gasteiger charge is 2.29. The number of carbonyl (C=O) groups is 1. The number of nitrogens with zero attached hydrogens (tertiary/aromatic N) is 1. The summed E-state index contributed by atoms with van der Waals surface area (Å²) < 4.78 is 1.11. The number of nitrogens with one attached hydrogen (secondary N) is 1. The summed E-state index contributed by atoms with van der Waals surface area (Å²) in [5, 5.41) is 2.89. The van der Waals surface area contributed by atoms with Crippen molar-refractivity contribution in [2.24, 2.45) is 0 Å². The Labute approximate surface area is 115 Å². The number of hydrogen-bond donors (Lipinski definition) is 2. The van der Waals surface area contributed by atoms with Crippen LogP contribution in [0.15, 0.2) is 18.2 Å². The standard InChI is InChI=1S/C12H16IN3O/c1-2-10-12(17)15-5-6-16(10)11-4-3-8(13)7-9(11)14/h3-4,7,10H,2,5-6,14H2,1H3,(H,15,17). The number of amides is 1. The molecule has 0 bridgehead atoms. The van der Waals surface area contributed by atoms with Gasteiger partial charge < -0.3 is 16.0 Å². The Morgan fingerprint density at radius 1 is 1.59 bits per heavy atom. The highest BCUT2D eigenvalue weighted by molar-refractivity contribution is 14.1. The largest absolute Gasteiger partial charge is 0.397 e. The number of benzene rings is 1. The van der Waals surface area contributed by atoms with E-state index in [0.29, 0.717) is 6.54 Å². The zero-order valence-corrected chi connectivity index (χ0v) is 11.9. The fraction of sp³-hybridized carbons (Fsp3) is 0.417. The van der Waals surface area contributed by atoms with Gasteiger partial charge in [-0.2, -0.15) is 0 Å². The average Bonchev–Trinajstić information content (AvgIpc) is 2.29. The monoisotopic (exact) mass is 345 g/mol. The van der Waals surface area contributed by atoms with Crippen LogP contribution in [0.5, 0.6) is 0 Å². The van der Waals surface area contributed by atoms with Crippen molar-refractivity contribution in [3.63, 3.8) is 0 Å². The van der Waals surface area contributed by atoms with Crippen LogP contribution in [-0.4, -0.2) is 25.0 Å². The van der Waals surface area contributed by atoms with Gasteiger partial charge in [-0.1, -0.05) is 6.92 Å². The van der Waals surface area contributed by atoms with Crippen LogP contribution in [0, 0.1) is 3.57 Å². The molecule has 2 rings (SSSR count). The molecule has 17 heavy (non-hydrogen) atoms. The van der Waals surface area contributed by atoms with E-state index in [1.54, 1.807) is 0 Å². The van der Waals surface area contributed by atoms with Crippen molar-refractivity contribution in [2.45, 2.75) is 19.4 Å². The number of nitrogen functional groups attached to an aromatic ring is 1. The minimum Gasteiger partial charge on any atom is -0.397 e. The van der Waals surface area contributed by atoms with Gasteiger partial charge in [-0.25, -0.2) is 0 Å². The summed E-state index contributed by atoms with van der Waals surface area (Å²) in [7, 11) is 0. The van der Waals surface area contributed by atoms with Crippen molar-refractivity contribution in [1.29, 1.82) is 0 Å². The lowest BCUT2D eigenvalue weighted by molar-refractivity contribution is -0.123. The molecule has 3 N–H and O–H groups in total. The summed E-state index contributed by atoms with van der Waals surface area (Å²) in [6.07, 6.45) is 0.789. The highest BCUT2D eigenvalue weighted by atomic mass is 127. The van der Waals surface area contributed by atoms with Gasteiger partial charge in [0.15, 0.2) is 0 Å². The van der Waals surface area contributed by atoms with Gasteiger partial charge in [0.1, 0.15) is 6.04 Å². The minimum absolute atomic E-state index is 0.0942. The number of rotatable bonds is 2. The summed E-state index contributed by atoms with van der Waals surface area (Å²) >= 11 is 2.23. The molecule has 1 heterocycles. The molecule has 1 aliphatic rings. The molecule has 5 heteroatoms. The molecular weight excluding hydrogens is 329 g/mol. The zero-order chi connectivity index (χ0) is 12.4. The fourth-order valence-electron chi connectivity index (χ4n) is 2.20. The molecule has 1 saturated heterocycles. The van der Waals surface area contributed by atoms with Crippen molar-refractivity contribution >= 4 is 39.9 Å². The van der Waals surface area contributed by atoms with Crippen molar-refractivity contribution < 1.29 is 4.79 Å². The SMILES string of the molecule is CCC1C(=O)NCCN1c1ccc(I)cc1N. The summed E-state index contributed by atoms with van der Waals surface area (Å²) in [4.78, 5) is 13.9. The number of carbonyl (C=O) groups excluding carboxylic acids is 1. The molecule has 1 aliphatic heterocycles. The molecule has 4 nitrogen and oxygen atoms in total. The number of anilines is 2. The van der Waals surface area contributed by atoms with E-state index in [1.807, 2.05) is 25.1 Å². The van der Waals surface area contributed by atoms with Crippen molar-refractivity contribution in [2.75, 3.05) is 23.7 Å². The van der Waals surface area contributed by atoms with E-state index in [1.165, 1.54) is 0 Å². The van der Waals surface area contributed by atoms with E-state index < -0.39 is 0 Å². The van der Waals surface area contributed by atoms with Gasteiger partial charge in [-0.3, -0.25) is 4.79 Å². The molecule has 0 spiro atoms. The topological polar surface area (TPSA) is 58.4 Å². The predicted octanol–water partition coefficient (Wildman–Crippen LogP) is 1.59. The molecule has 92 valence electrons. The van der Waals surface area contributed by atoms with Gasteiger partial charge in [0.25, 0.3) is 0 Å². The fourth-order valence-corrected chi connectivity index (χ4v) is 2.71. The van der Waals surface area contributed by atoms with Gasteiger partial charge in [-0.05, 0) is 47.2 Å². The maximum absolute atomic E-state index is 11.8. The molecule has 1 unspecified atom stereocenters. The van der Waals surface area contributed by atoms with Gasteiger partial charge in [0, 0.05) is 16.7 Å². The third-order valence-corrected chi connectivity index (χ3v) is 3.69. The molecule has 1 amide bonds. The third-order valence-electron chi connectivity index (χ3n) is 3.02. The number of nitrogens with two attached hydrogens (primary N) is 1. The second-order valence-corrected chi connectivity index (χ2v) is 5.36. The first kappa shape index (κ1) is 12.5. The minimum atomic E-state index is -0.105. The number of hydrogen-bond acceptors (Lipinski definition) is 3. The van der Waals surface area contributed by atoms with E-state index in [9.17, 15) is 4.79 Å². The Kier molecular flexibility index (Phi) is 3.76. The first-order valence-electron chi connectivity index (χ1n) is 5.73. The smallest absolute Gasteiger partial charge is 0.242 e. The Morgan fingerprint density at radius 3 is 3.00 bits per heavy atom. The van der Waals surface area contributed by atoms with Crippen LogP contribution < -0.4 is 16.0 Å². The van der Waals surface area contributed by atoms with Crippen LogP contribution in [0.2, 0.25) is 0 Å². The molecule has 0 aromatic heterocycles. The molecule has 1 aromatic carbocycles. The lowest BCUT2D eigenvalue weighted by Gasteiger charge is -2.37. The summed E-state index contributed by atoms with van der Waals surface area (Å²) in [6.45, 7) is 3.52. The molecule has 1 fully saturated rings. The Balaban J connectivity index is 2.33. The number of halogens is 1. The van der Waals surface area contributed by atoms with Crippen LogP contribution >= 0.6 is 22.6 Å². The van der Waals surface area contributed by atoms with Crippen LogP contribution in [0.3, 0.4) is 0 Å². The van der Waals surface area contributed by atoms with Crippen molar-refractivity contribution in [3.05, 3.63) is 21.8 Å². The van der Waals surface area contributed by atoms with Gasteiger partial charge in [0.05, 0.1) is 11.4 Å². The number of piperazine rings is 1. The molecule has 1 aromatic rings. The molecule has 0 radical (unpaired) electrons. The van der Waals surface area contributed by atoms with Crippen molar-refractivity contribution in [3.8, 4) is 0 Å². The Morgan fingerprint density at radius 2 is 2.35 bits per heavy atom. The Hall–Kier alpha value is -0.980. The average molecular weight is 345 g/mol. The van der Waals surface area contributed by atoms with Gasteiger partial charge in [0.2, 0.25) is 5.91 Å². The molecule has 1 atom stereocenters. The maximum Gasteiger partial charge on any atom is 0.242 e.